The maximum atomic E-state index is 7.12. The van der Waals surface area contributed by atoms with Crippen LogP contribution in [0.2, 0.25) is 0 Å². The molecule has 0 aliphatic heterocycles. The molecule has 0 saturated carbocycles. The Labute approximate surface area is 51.8 Å². The van der Waals surface area contributed by atoms with Crippen molar-refractivity contribution < 1.29 is 0 Å². The van der Waals surface area contributed by atoms with Gasteiger partial charge in [0.2, 0.25) is 0 Å². The van der Waals surface area contributed by atoms with Crippen molar-refractivity contribution in [3.05, 3.63) is 23.8 Å². The minimum absolute atomic E-state index is 0.215. The molecule has 1 aromatic heterocycles. The molecule has 0 aliphatic carbocycles. The van der Waals surface area contributed by atoms with Crippen LogP contribution in [0.1, 0.15) is 0 Å². The summed E-state index contributed by atoms with van der Waals surface area (Å²) in [6.45, 7) is 0. The van der Waals surface area contributed by atoms with Gasteiger partial charge in [0.15, 0.2) is 0 Å². The predicted molar refractivity (Wildman–Crippen MR) is 32.3 cm³/mol. The van der Waals surface area contributed by atoms with Crippen molar-refractivity contribution in [3.8, 4) is 0 Å². The van der Waals surface area contributed by atoms with E-state index in [0.717, 1.165) is 6.34 Å². The summed E-state index contributed by atoms with van der Waals surface area (Å²) in [6.07, 6.45) is 2.52. The van der Waals surface area contributed by atoms with Crippen LogP contribution in [0.25, 0.3) is 0 Å². The van der Waals surface area contributed by atoms with Gasteiger partial charge >= 0.3 is 0 Å². The van der Waals surface area contributed by atoms with Crippen molar-refractivity contribution in [1.29, 1.82) is 10.8 Å². The third kappa shape index (κ3) is 1.02. The summed E-state index contributed by atoms with van der Waals surface area (Å²) in [5.74, 6) is 0. The quantitative estimate of drug-likeness (QED) is 0.393. The lowest BCUT2D eigenvalue weighted by molar-refractivity contribution is 0.827. The van der Waals surface area contributed by atoms with Crippen LogP contribution in [-0.2, 0) is 0 Å². The fourth-order valence-electron chi connectivity index (χ4n) is 0.486. The van der Waals surface area contributed by atoms with E-state index in [1.165, 1.54) is 10.9 Å². The van der Waals surface area contributed by atoms with Crippen LogP contribution >= 0.6 is 0 Å². The minimum atomic E-state index is 0.215. The molecule has 0 atom stereocenters. The fraction of sp³-hybridized carbons (Fsp3) is 0. The number of hydrogen-bond donors (Lipinski definition) is 2. The van der Waals surface area contributed by atoms with Crippen molar-refractivity contribution in [2.45, 2.75) is 0 Å². The van der Waals surface area contributed by atoms with Gasteiger partial charge in [-0.05, 0) is 12.1 Å². The van der Waals surface area contributed by atoms with Crippen molar-refractivity contribution in [1.82, 2.24) is 9.78 Å². The first-order chi connectivity index (χ1) is 4.34. The molecule has 0 unspecified atom stereocenters. The van der Waals surface area contributed by atoms with E-state index >= 15 is 0 Å². The molecule has 46 valence electrons. The van der Waals surface area contributed by atoms with E-state index in [1.807, 2.05) is 0 Å². The Balaban J connectivity index is 3.32. The number of rotatable bonds is 1. The molecule has 0 saturated heterocycles. The first-order valence-electron chi connectivity index (χ1n) is 2.43. The summed E-state index contributed by atoms with van der Waals surface area (Å²) in [5, 5.41) is 17.5. The average molecular weight is 122 g/mol. The maximum absolute atomic E-state index is 7.12. The molecule has 0 fully saturated rings. The Bertz CT molecular complexity index is 262. The van der Waals surface area contributed by atoms with E-state index in [-0.39, 0.29) is 5.49 Å². The largest absolute Gasteiger partial charge is 0.289 e. The summed E-state index contributed by atoms with van der Waals surface area (Å²) in [4.78, 5) is 0. The fourth-order valence-corrected chi connectivity index (χ4v) is 0.486. The zero-order chi connectivity index (χ0) is 6.69. The second-order valence-corrected chi connectivity index (χ2v) is 1.48. The van der Waals surface area contributed by atoms with E-state index < -0.39 is 0 Å². The minimum Gasteiger partial charge on any atom is -0.289 e. The molecule has 1 aromatic rings. The predicted octanol–water partition coefficient (Wildman–Crippen LogP) is -0.182. The van der Waals surface area contributed by atoms with Crippen molar-refractivity contribution in [3.63, 3.8) is 0 Å². The summed E-state index contributed by atoms with van der Waals surface area (Å²) < 4.78 is 1.17. The van der Waals surface area contributed by atoms with Crippen LogP contribution in [0, 0.1) is 10.8 Å². The highest BCUT2D eigenvalue weighted by molar-refractivity contribution is 5.51. The van der Waals surface area contributed by atoms with Crippen molar-refractivity contribution >= 4 is 6.34 Å². The number of hydrogen-bond acceptors (Lipinski definition) is 3. The molecule has 0 radical (unpaired) electrons. The normalized spacial score (nSPS) is 8.89. The van der Waals surface area contributed by atoms with Crippen LogP contribution in [-0.4, -0.2) is 16.1 Å². The first kappa shape index (κ1) is 5.68. The Morgan fingerprint density at radius 2 is 2.44 bits per heavy atom. The molecule has 0 aliphatic rings. The second-order valence-electron chi connectivity index (χ2n) is 1.48. The van der Waals surface area contributed by atoms with Crippen molar-refractivity contribution in [2.24, 2.45) is 0 Å². The highest BCUT2D eigenvalue weighted by atomic mass is 15.3. The van der Waals surface area contributed by atoms with Crippen LogP contribution < -0.4 is 5.49 Å². The van der Waals surface area contributed by atoms with Gasteiger partial charge in [0.05, 0.1) is 0 Å². The lowest BCUT2D eigenvalue weighted by Crippen LogP contribution is -2.19. The lowest BCUT2D eigenvalue weighted by Gasteiger charge is -1.91. The smallest absolute Gasteiger partial charge is 0.147 e. The van der Waals surface area contributed by atoms with Gasteiger partial charge in [0.25, 0.3) is 0 Å². The second kappa shape index (κ2) is 2.21. The van der Waals surface area contributed by atoms with Gasteiger partial charge in [0, 0.05) is 6.20 Å². The van der Waals surface area contributed by atoms with Gasteiger partial charge in [0.1, 0.15) is 11.8 Å². The molecule has 1 rings (SSSR count). The summed E-state index contributed by atoms with van der Waals surface area (Å²) in [7, 11) is 0. The van der Waals surface area contributed by atoms with Gasteiger partial charge in [-0.25, -0.2) is 4.68 Å². The molecule has 2 N–H and O–H groups in total. The molecule has 9 heavy (non-hydrogen) atoms. The van der Waals surface area contributed by atoms with E-state index in [9.17, 15) is 0 Å². The third-order valence-electron chi connectivity index (χ3n) is 0.900. The average Bonchev–Trinajstić information content (AvgIpc) is 1.89. The van der Waals surface area contributed by atoms with Crippen LogP contribution in [0.5, 0.6) is 0 Å². The molecule has 0 aromatic carbocycles. The van der Waals surface area contributed by atoms with Crippen LogP contribution in [0.4, 0.5) is 0 Å². The Kier molecular flexibility index (Phi) is 1.40. The number of nitrogens with one attached hydrogen (secondary N) is 2. The number of nitrogens with zero attached hydrogens (tertiary/aromatic N) is 2. The molecule has 4 heteroatoms. The highest BCUT2D eigenvalue weighted by Crippen LogP contribution is 1.66. The van der Waals surface area contributed by atoms with E-state index in [0.29, 0.717) is 0 Å². The zero-order valence-electron chi connectivity index (χ0n) is 4.70. The van der Waals surface area contributed by atoms with Gasteiger partial charge in [-0.2, -0.15) is 5.10 Å². The Morgan fingerprint density at radius 3 is 2.89 bits per heavy atom. The monoisotopic (exact) mass is 122 g/mol. The Morgan fingerprint density at radius 1 is 1.67 bits per heavy atom. The first-order valence-corrected chi connectivity index (χ1v) is 2.43. The molecule has 0 bridgehead atoms. The van der Waals surface area contributed by atoms with E-state index in [1.54, 1.807) is 12.1 Å². The molecular weight excluding hydrogens is 116 g/mol. The SMILES string of the molecule is N=Cn1ncccc1=N. The van der Waals surface area contributed by atoms with Gasteiger partial charge in [-0.15, -0.1) is 0 Å². The summed E-state index contributed by atoms with van der Waals surface area (Å²) >= 11 is 0. The van der Waals surface area contributed by atoms with Crippen LogP contribution in [0.3, 0.4) is 0 Å². The third-order valence-corrected chi connectivity index (χ3v) is 0.900. The maximum Gasteiger partial charge on any atom is 0.147 e. The van der Waals surface area contributed by atoms with Gasteiger partial charge in [-0.3, -0.25) is 10.8 Å². The standard InChI is InChI=1S/C5H6N4/c6-4-9-5(7)2-1-3-8-9/h1-4,6-7H. The highest BCUT2D eigenvalue weighted by Gasteiger charge is 1.81. The molecule has 0 spiro atoms. The van der Waals surface area contributed by atoms with Crippen LogP contribution in [0.15, 0.2) is 18.3 Å². The number of aromatic nitrogens is 2. The summed E-state index contributed by atoms with van der Waals surface area (Å²) in [6, 6.07) is 3.22. The van der Waals surface area contributed by atoms with E-state index in [4.69, 9.17) is 10.8 Å². The Hall–Kier alpha value is -1.45. The summed E-state index contributed by atoms with van der Waals surface area (Å²) in [5.41, 5.74) is 0.215. The van der Waals surface area contributed by atoms with Gasteiger partial charge in [-0.1, -0.05) is 0 Å². The lowest BCUT2D eigenvalue weighted by atomic mass is 10.6. The molecule has 0 amide bonds. The molecule has 4 nitrogen and oxygen atoms in total. The van der Waals surface area contributed by atoms with Gasteiger partial charge < -0.3 is 0 Å². The molecular formula is C5H6N4. The zero-order valence-corrected chi connectivity index (χ0v) is 4.70. The topological polar surface area (TPSA) is 65.5 Å². The van der Waals surface area contributed by atoms with E-state index in [2.05, 4.69) is 5.10 Å². The van der Waals surface area contributed by atoms with Crippen molar-refractivity contribution in [2.75, 3.05) is 0 Å². The molecule has 1 heterocycles.